The molecule has 1 amide bonds. The van der Waals surface area contributed by atoms with Crippen LogP contribution in [0.15, 0.2) is 29.4 Å². The number of carbonyl (C=O) groups is 1. The van der Waals surface area contributed by atoms with Crippen LogP contribution in [0, 0.1) is 5.92 Å². The summed E-state index contributed by atoms with van der Waals surface area (Å²) in [5, 5.41) is 10.6. The maximum Gasteiger partial charge on any atom is 0.233 e. The first-order chi connectivity index (χ1) is 13.3. The second kappa shape index (κ2) is 7.35. The second-order valence-corrected chi connectivity index (χ2v) is 9.64. The zero-order chi connectivity index (χ0) is 19.9. The number of rotatable bonds is 3. The Labute approximate surface area is 169 Å². The van der Waals surface area contributed by atoms with Gasteiger partial charge in [0, 0.05) is 23.9 Å². The fraction of sp³-hybridized carbons (Fsp3) is 0.524. The number of hydrogen-bond acceptors (Lipinski definition) is 5. The van der Waals surface area contributed by atoms with Gasteiger partial charge in [0.2, 0.25) is 5.91 Å². The van der Waals surface area contributed by atoms with Crippen molar-refractivity contribution in [1.82, 2.24) is 24.5 Å². The third kappa shape index (κ3) is 3.60. The van der Waals surface area contributed by atoms with Crippen molar-refractivity contribution < 1.29 is 4.79 Å². The summed E-state index contributed by atoms with van der Waals surface area (Å²) in [5.41, 5.74) is 1.55. The molecular weight excluding hydrogens is 370 g/mol. The van der Waals surface area contributed by atoms with Gasteiger partial charge in [0.25, 0.3) is 0 Å². The lowest BCUT2D eigenvalue weighted by Gasteiger charge is -2.30. The van der Waals surface area contributed by atoms with Gasteiger partial charge >= 0.3 is 0 Å². The monoisotopic (exact) mass is 397 g/mol. The molecule has 28 heavy (non-hydrogen) atoms. The first-order valence-electron chi connectivity index (χ1n) is 9.89. The molecule has 4 rings (SSSR count). The van der Waals surface area contributed by atoms with Crippen LogP contribution in [-0.4, -0.2) is 49.2 Å². The lowest BCUT2D eigenvalue weighted by atomic mass is 9.95. The molecule has 1 aliphatic rings. The van der Waals surface area contributed by atoms with Gasteiger partial charge < -0.3 is 4.90 Å². The van der Waals surface area contributed by atoms with Gasteiger partial charge in [-0.05, 0) is 30.9 Å². The van der Waals surface area contributed by atoms with Crippen molar-refractivity contribution >= 4 is 34.2 Å². The van der Waals surface area contributed by atoms with E-state index >= 15 is 0 Å². The van der Waals surface area contributed by atoms with Crippen LogP contribution in [0.25, 0.3) is 16.6 Å². The fourth-order valence-corrected chi connectivity index (χ4v) is 4.47. The summed E-state index contributed by atoms with van der Waals surface area (Å²) in [4.78, 5) is 19.6. The number of thioether (sulfide) groups is 1. The number of benzene rings is 1. The van der Waals surface area contributed by atoms with Gasteiger partial charge in [-0.25, -0.2) is 4.98 Å². The van der Waals surface area contributed by atoms with Crippen LogP contribution in [0.1, 0.15) is 46.4 Å². The summed E-state index contributed by atoms with van der Waals surface area (Å²) in [6.07, 6.45) is 2.18. The van der Waals surface area contributed by atoms with Crippen LogP contribution in [0.5, 0.6) is 0 Å². The van der Waals surface area contributed by atoms with E-state index < -0.39 is 0 Å². The molecule has 1 saturated heterocycles. The molecule has 3 heterocycles. The average molecular weight is 398 g/mol. The van der Waals surface area contributed by atoms with Crippen molar-refractivity contribution in [2.75, 3.05) is 18.8 Å². The van der Waals surface area contributed by atoms with Gasteiger partial charge in [0.05, 0.1) is 11.3 Å². The molecule has 148 valence electrons. The molecule has 2 aromatic heterocycles. The Hall–Kier alpha value is -2.15. The number of hydrogen-bond donors (Lipinski definition) is 0. The molecule has 0 atom stereocenters. The van der Waals surface area contributed by atoms with Crippen LogP contribution < -0.4 is 0 Å². The van der Waals surface area contributed by atoms with E-state index in [9.17, 15) is 4.79 Å². The molecule has 0 N–H and O–H groups in total. The number of carbonyl (C=O) groups excluding carboxylic acids is 1. The first kappa shape index (κ1) is 19.2. The van der Waals surface area contributed by atoms with Crippen LogP contribution >= 0.6 is 11.8 Å². The molecule has 0 saturated carbocycles. The zero-order valence-electron chi connectivity index (χ0n) is 17.0. The second-order valence-electron chi connectivity index (χ2n) is 8.70. The number of piperidine rings is 1. The Morgan fingerprint density at radius 2 is 1.89 bits per heavy atom. The van der Waals surface area contributed by atoms with Crippen LogP contribution in [0.2, 0.25) is 0 Å². The molecule has 0 unspecified atom stereocenters. The van der Waals surface area contributed by atoms with Crippen molar-refractivity contribution in [2.24, 2.45) is 5.92 Å². The predicted octanol–water partition coefficient (Wildman–Crippen LogP) is 3.93. The van der Waals surface area contributed by atoms with Crippen molar-refractivity contribution in [1.29, 1.82) is 0 Å². The van der Waals surface area contributed by atoms with Crippen molar-refractivity contribution in [3.63, 3.8) is 0 Å². The van der Waals surface area contributed by atoms with Gasteiger partial charge in [0.1, 0.15) is 5.82 Å². The Morgan fingerprint density at radius 3 is 2.61 bits per heavy atom. The van der Waals surface area contributed by atoms with E-state index in [1.807, 2.05) is 33.6 Å². The maximum absolute atomic E-state index is 12.7. The van der Waals surface area contributed by atoms with Crippen molar-refractivity contribution in [3.05, 3.63) is 30.1 Å². The van der Waals surface area contributed by atoms with Crippen molar-refractivity contribution in [2.45, 2.75) is 51.1 Å². The van der Waals surface area contributed by atoms with E-state index in [0.717, 1.165) is 53.5 Å². The molecule has 1 aliphatic heterocycles. The number of nitrogens with zero attached hydrogens (tertiary/aromatic N) is 5. The van der Waals surface area contributed by atoms with E-state index in [-0.39, 0.29) is 11.3 Å². The third-order valence-corrected chi connectivity index (χ3v) is 6.26. The van der Waals surface area contributed by atoms with Gasteiger partial charge in [0.15, 0.2) is 10.8 Å². The lowest BCUT2D eigenvalue weighted by molar-refractivity contribution is -0.129. The number of para-hydroxylation sites is 1. The first-order valence-corrected chi connectivity index (χ1v) is 10.9. The van der Waals surface area contributed by atoms with E-state index in [0.29, 0.717) is 11.7 Å². The minimum absolute atomic E-state index is 0.174. The van der Waals surface area contributed by atoms with Gasteiger partial charge in [-0.2, -0.15) is 0 Å². The molecule has 1 aromatic carbocycles. The predicted molar refractivity (Wildman–Crippen MR) is 113 cm³/mol. The summed E-state index contributed by atoms with van der Waals surface area (Å²) >= 11 is 1.46. The van der Waals surface area contributed by atoms with Gasteiger partial charge in [-0.3, -0.25) is 9.20 Å². The zero-order valence-corrected chi connectivity index (χ0v) is 17.8. The Kier molecular flexibility index (Phi) is 5.04. The van der Waals surface area contributed by atoms with Crippen molar-refractivity contribution in [3.8, 4) is 0 Å². The molecule has 0 radical (unpaired) electrons. The maximum atomic E-state index is 12.7. The Morgan fingerprint density at radius 1 is 1.18 bits per heavy atom. The van der Waals surface area contributed by atoms with E-state index in [4.69, 9.17) is 4.98 Å². The lowest BCUT2D eigenvalue weighted by Crippen LogP contribution is -2.38. The normalized spacial score (nSPS) is 16.2. The topological polar surface area (TPSA) is 63.4 Å². The quantitative estimate of drug-likeness (QED) is 0.627. The average Bonchev–Trinajstić information content (AvgIpc) is 3.09. The molecule has 0 bridgehead atoms. The van der Waals surface area contributed by atoms with Gasteiger partial charge in [-0.15, -0.1) is 10.2 Å². The molecule has 3 aromatic rings. The SMILES string of the molecule is CC1CCN(C(=O)CSc2nnc3c4ccccc4nc(C(C)(C)C)n23)CC1. The standard InChI is InChI=1S/C21H27N5OS/c1-14-9-11-25(12-10-14)17(27)13-28-20-24-23-18-15-7-5-6-8-16(15)22-19(26(18)20)21(2,3)4/h5-8,14H,9-13H2,1-4H3. The Balaban J connectivity index is 1.66. The number of amides is 1. The van der Waals surface area contributed by atoms with Gasteiger partial charge in [-0.1, -0.05) is 51.6 Å². The van der Waals surface area contributed by atoms with Crippen LogP contribution in [0.4, 0.5) is 0 Å². The summed E-state index contributed by atoms with van der Waals surface area (Å²) < 4.78 is 2.03. The third-order valence-electron chi connectivity index (χ3n) is 5.35. The van der Waals surface area contributed by atoms with Crippen LogP contribution in [0.3, 0.4) is 0 Å². The number of aromatic nitrogens is 4. The Bertz CT molecular complexity index is 1010. The van der Waals surface area contributed by atoms with E-state index in [2.05, 4.69) is 37.9 Å². The van der Waals surface area contributed by atoms with Crippen LogP contribution in [-0.2, 0) is 10.2 Å². The highest BCUT2D eigenvalue weighted by molar-refractivity contribution is 7.99. The largest absolute Gasteiger partial charge is 0.342 e. The minimum atomic E-state index is -0.174. The fourth-order valence-electron chi connectivity index (χ4n) is 3.63. The number of fused-ring (bicyclic) bond motifs is 3. The molecule has 6 nitrogen and oxygen atoms in total. The molecular formula is C21H27N5OS. The highest BCUT2D eigenvalue weighted by atomic mass is 32.2. The number of likely N-dealkylation sites (tertiary alicyclic amines) is 1. The minimum Gasteiger partial charge on any atom is -0.342 e. The summed E-state index contributed by atoms with van der Waals surface area (Å²) in [7, 11) is 0. The highest BCUT2D eigenvalue weighted by Gasteiger charge is 2.25. The molecule has 7 heteroatoms. The van der Waals surface area contributed by atoms with E-state index in [1.165, 1.54) is 11.8 Å². The molecule has 0 aliphatic carbocycles. The summed E-state index contributed by atoms with van der Waals surface area (Å²) in [6, 6.07) is 8.01. The highest BCUT2D eigenvalue weighted by Crippen LogP contribution is 2.30. The summed E-state index contributed by atoms with van der Waals surface area (Å²) in [5.74, 6) is 2.18. The smallest absolute Gasteiger partial charge is 0.233 e. The summed E-state index contributed by atoms with van der Waals surface area (Å²) in [6.45, 7) is 10.4. The molecule has 0 spiro atoms. The molecule has 1 fully saturated rings. The van der Waals surface area contributed by atoms with E-state index in [1.54, 1.807) is 0 Å².